The van der Waals surface area contributed by atoms with Crippen LogP contribution < -0.4 is 15.5 Å². The van der Waals surface area contributed by atoms with Crippen LogP contribution in [0.2, 0.25) is 0 Å². The number of nitrogens with one attached hydrogen (secondary N) is 2. The second kappa shape index (κ2) is 9.33. The molecule has 3 N–H and O–H groups in total. The smallest absolute Gasteiger partial charge is 0.217 e. The Morgan fingerprint density at radius 1 is 1.12 bits per heavy atom. The summed E-state index contributed by atoms with van der Waals surface area (Å²) in [6.07, 6.45) is 2.50. The standard InChI is InChI=1S/C28H38N4O2/c1-21-8-10-24(11-9-21)31-16-13-27(34,14-17-31)19-32-20-28(30-22(2)33)18-29-15-12-25(28)26(32)23-6-4-3-5-7-23/h3-11,25-26,29,34H,12-20H2,1-2H3,(H,30,33)/t25-,26-,28-/m1/s1. The zero-order valence-electron chi connectivity index (χ0n) is 20.5. The molecule has 2 aromatic rings. The fraction of sp³-hybridized carbons (Fsp3) is 0.536. The maximum Gasteiger partial charge on any atom is 0.217 e. The van der Waals surface area contributed by atoms with Crippen LogP contribution in [0, 0.1) is 12.8 Å². The summed E-state index contributed by atoms with van der Waals surface area (Å²) in [7, 11) is 0. The lowest BCUT2D eigenvalue weighted by molar-refractivity contribution is -0.121. The Hall–Kier alpha value is -2.41. The summed E-state index contributed by atoms with van der Waals surface area (Å²) in [5.74, 6) is 0.337. The second-order valence-electron chi connectivity index (χ2n) is 10.7. The Morgan fingerprint density at radius 3 is 2.50 bits per heavy atom. The predicted octanol–water partition coefficient (Wildman–Crippen LogP) is 2.87. The van der Waals surface area contributed by atoms with Gasteiger partial charge in [0.1, 0.15) is 0 Å². The van der Waals surface area contributed by atoms with Crippen LogP contribution in [-0.4, -0.2) is 66.3 Å². The number of likely N-dealkylation sites (tertiary alicyclic amines) is 1. The van der Waals surface area contributed by atoms with Crippen LogP contribution in [0.3, 0.4) is 0 Å². The molecular weight excluding hydrogens is 424 g/mol. The number of amides is 1. The average Bonchev–Trinajstić information content (AvgIpc) is 3.12. The lowest BCUT2D eigenvalue weighted by Gasteiger charge is -2.42. The highest BCUT2D eigenvalue weighted by atomic mass is 16.3. The Bertz CT molecular complexity index is 987. The summed E-state index contributed by atoms with van der Waals surface area (Å²) in [6.45, 7) is 8.56. The number of rotatable bonds is 5. The molecule has 0 bridgehead atoms. The maximum atomic E-state index is 12.2. The van der Waals surface area contributed by atoms with E-state index in [4.69, 9.17) is 0 Å². The van der Waals surface area contributed by atoms with Crippen molar-refractivity contribution in [3.8, 4) is 0 Å². The summed E-state index contributed by atoms with van der Waals surface area (Å²) < 4.78 is 0. The van der Waals surface area contributed by atoms with Crippen LogP contribution in [0.5, 0.6) is 0 Å². The largest absolute Gasteiger partial charge is 0.388 e. The van der Waals surface area contributed by atoms with Crippen molar-refractivity contribution in [1.82, 2.24) is 15.5 Å². The molecule has 34 heavy (non-hydrogen) atoms. The van der Waals surface area contributed by atoms with Gasteiger partial charge in [-0.25, -0.2) is 0 Å². The number of hydrogen-bond acceptors (Lipinski definition) is 5. The van der Waals surface area contributed by atoms with E-state index in [1.165, 1.54) is 16.8 Å². The van der Waals surface area contributed by atoms with Gasteiger partial charge in [0.15, 0.2) is 0 Å². The van der Waals surface area contributed by atoms with E-state index in [1.54, 1.807) is 6.92 Å². The minimum Gasteiger partial charge on any atom is -0.388 e. The molecular formula is C28H38N4O2. The molecule has 0 unspecified atom stereocenters. The van der Waals surface area contributed by atoms with Gasteiger partial charge in [0.05, 0.1) is 11.1 Å². The summed E-state index contributed by atoms with van der Waals surface area (Å²) in [4.78, 5) is 17.1. The van der Waals surface area contributed by atoms with Crippen molar-refractivity contribution in [3.05, 3.63) is 65.7 Å². The minimum absolute atomic E-state index is 0.0208. The maximum absolute atomic E-state index is 12.2. The number of benzene rings is 2. The molecule has 6 nitrogen and oxygen atoms in total. The number of hydrogen-bond donors (Lipinski definition) is 3. The number of nitrogens with zero attached hydrogens (tertiary/aromatic N) is 2. The van der Waals surface area contributed by atoms with E-state index in [2.05, 4.69) is 82.0 Å². The second-order valence-corrected chi connectivity index (χ2v) is 10.7. The summed E-state index contributed by atoms with van der Waals surface area (Å²) in [5.41, 5.74) is 2.75. The van der Waals surface area contributed by atoms with E-state index < -0.39 is 5.60 Å². The van der Waals surface area contributed by atoms with Crippen molar-refractivity contribution >= 4 is 11.6 Å². The Kier molecular flexibility index (Phi) is 6.40. The van der Waals surface area contributed by atoms with Gasteiger partial charge in [0, 0.05) is 57.3 Å². The molecule has 0 aliphatic carbocycles. The van der Waals surface area contributed by atoms with Crippen LogP contribution in [0.1, 0.15) is 43.4 Å². The van der Waals surface area contributed by atoms with E-state index in [0.717, 1.165) is 52.0 Å². The molecule has 1 amide bonds. The molecule has 0 spiro atoms. The zero-order chi connectivity index (χ0) is 23.8. The van der Waals surface area contributed by atoms with Crippen molar-refractivity contribution in [2.24, 2.45) is 5.92 Å². The van der Waals surface area contributed by atoms with Gasteiger partial charge in [0.2, 0.25) is 5.91 Å². The first kappa shape index (κ1) is 23.3. The molecule has 3 atom stereocenters. The summed E-state index contributed by atoms with van der Waals surface area (Å²) >= 11 is 0. The monoisotopic (exact) mass is 462 g/mol. The lowest BCUT2D eigenvalue weighted by atomic mass is 9.76. The first-order chi connectivity index (χ1) is 16.4. The normalized spacial score (nSPS) is 29.0. The van der Waals surface area contributed by atoms with Crippen molar-refractivity contribution < 1.29 is 9.90 Å². The van der Waals surface area contributed by atoms with Gasteiger partial charge >= 0.3 is 0 Å². The third-order valence-electron chi connectivity index (χ3n) is 8.20. The molecule has 3 saturated heterocycles. The van der Waals surface area contributed by atoms with Crippen molar-refractivity contribution in [2.45, 2.75) is 50.3 Å². The number of carbonyl (C=O) groups is 1. The van der Waals surface area contributed by atoms with Crippen LogP contribution in [0.25, 0.3) is 0 Å². The molecule has 2 aromatic carbocycles. The SMILES string of the molecule is CC(=O)N[C@@]12CNCC[C@@H]1[C@@H](c1ccccc1)N(CC1(O)CCN(c3ccc(C)cc3)CC1)C2. The van der Waals surface area contributed by atoms with E-state index in [1.807, 2.05) is 0 Å². The number of β-amino-alcohol motifs (C(OH)–C–C–N with tert-alkyl or cyclic N) is 1. The van der Waals surface area contributed by atoms with E-state index in [0.29, 0.717) is 12.5 Å². The van der Waals surface area contributed by atoms with E-state index in [-0.39, 0.29) is 17.5 Å². The third-order valence-corrected chi connectivity index (χ3v) is 8.20. The quantitative estimate of drug-likeness (QED) is 0.638. The first-order valence-corrected chi connectivity index (χ1v) is 12.7. The summed E-state index contributed by atoms with van der Waals surface area (Å²) in [5, 5.41) is 18.6. The summed E-state index contributed by atoms with van der Waals surface area (Å²) in [6, 6.07) is 19.5. The number of fused-ring (bicyclic) bond motifs is 1. The molecule has 5 rings (SSSR count). The van der Waals surface area contributed by atoms with Crippen LogP contribution in [0.4, 0.5) is 5.69 Å². The van der Waals surface area contributed by atoms with Crippen molar-refractivity contribution in [1.29, 1.82) is 0 Å². The molecule has 6 heteroatoms. The highest BCUT2D eigenvalue weighted by Gasteiger charge is 2.55. The predicted molar refractivity (Wildman–Crippen MR) is 136 cm³/mol. The number of piperidine rings is 2. The van der Waals surface area contributed by atoms with E-state index in [9.17, 15) is 9.90 Å². The molecule has 3 fully saturated rings. The number of carbonyl (C=O) groups excluding carboxylic acids is 1. The van der Waals surface area contributed by atoms with Gasteiger partial charge in [-0.1, -0.05) is 48.0 Å². The Balaban J connectivity index is 1.37. The van der Waals surface area contributed by atoms with Crippen LogP contribution in [-0.2, 0) is 4.79 Å². The van der Waals surface area contributed by atoms with Gasteiger partial charge in [-0.15, -0.1) is 0 Å². The van der Waals surface area contributed by atoms with Gasteiger partial charge in [-0.2, -0.15) is 0 Å². The van der Waals surface area contributed by atoms with Crippen molar-refractivity contribution in [2.75, 3.05) is 44.2 Å². The average molecular weight is 463 g/mol. The van der Waals surface area contributed by atoms with Gasteiger partial charge in [-0.3, -0.25) is 9.69 Å². The minimum atomic E-state index is -0.730. The van der Waals surface area contributed by atoms with E-state index >= 15 is 0 Å². The van der Waals surface area contributed by atoms with Crippen LogP contribution >= 0.6 is 0 Å². The van der Waals surface area contributed by atoms with Crippen molar-refractivity contribution in [3.63, 3.8) is 0 Å². The van der Waals surface area contributed by atoms with Gasteiger partial charge in [0.25, 0.3) is 0 Å². The molecule has 0 radical (unpaired) electrons. The molecule has 0 aromatic heterocycles. The van der Waals surface area contributed by atoms with Gasteiger partial charge in [-0.05, 0) is 50.4 Å². The molecule has 3 heterocycles. The Labute approximate surface area is 203 Å². The fourth-order valence-corrected chi connectivity index (χ4v) is 6.57. The lowest BCUT2D eigenvalue weighted by Crippen LogP contribution is -2.63. The number of anilines is 1. The third kappa shape index (κ3) is 4.59. The number of aryl methyl sites for hydroxylation is 1. The molecule has 0 saturated carbocycles. The van der Waals surface area contributed by atoms with Gasteiger partial charge < -0.3 is 20.6 Å². The molecule has 182 valence electrons. The zero-order valence-corrected chi connectivity index (χ0v) is 20.5. The highest BCUT2D eigenvalue weighted by Crippen LogP contribution is 2.47. The molecule has 3 aliphatic rings. The fourth-order valence-electron chi connectivity index (χ4n) is 6.57. The highest BCUT2D eigenvalue weighted by molar-refractivity contribution is 5.74. The van der Waals surface area contributed by atoms with Crippen LogP contribution in [0.15, 0.2) is 54.6 Å². The molecule has 3 aliphatic heterocycles. The topological polar surface area (TPSA) is 67.8 Å². The first-order valence-electron chi connectivity index (χ1n) is 12.7. The number of aliphatic hydroxyl groups is 1. The Morgan fingerprint density at radius 2 is 1.82 bits per heavy atom.